The van der Waals surface area contributed by atoms with Crippen LogP contribution in [0.2, 0.25) is 0 Å². The molecular weight excluding hydrogens is 324 g/mol. The number of methoxy groups -OCH3 is 2. The monoisotopic (exact) mass is 340 g/mol. The van der Waals surface area contributed by atoms with E-state index in [0.29, 0.717) is 35.2 Å². The average molecular weight is 340 g/mol. The molecule has 2 heterocycles. The number of nitrogens with two attached hydrogens (primary N) is 1. The van der Waals surface area contributed by atoms with E-state index in [-0.39, 0.29) is 5.69 Å². The summed E-state index contributed by atoms with van der Waals surface area (Å²) in [6.45, 7) is 0. The van der Waals surface area contributed by atoms with Gasteiger partial charge in [0.15, 0.2) is 0 Å². The Balaban J connectivity index is 1.82. The number of amides is 1. The fourth-order valence-corrected chi connectivity index (χ4v) is 2.27. The predicted molar refractivity (Wildman–Crippen MR) is 88.4 cm³/mol. The second kappa shape index (κ2) is 7.00. The van der Waals surface area contributed by atoms with Crippen LogP contribution < -0.4 is 15.2 Å². The molecule has 0 saturated carbocycles. The summed E-state index contributed by atoms with van der Waals surface area (Å²) < 4.78 is 15.8. The summed E-state index contributed by atoms with van der Waals surface area (Å²) in [4.78, 5) is 19.4. The van der Waals surface area contributed by atoms with Crippen LogP contribution in [0.25, 0.3) is 11.4 Å². The Kier molecular flexibility index (Phi) is 4.60. The van der Waals surface area contributed by atoms with E-state index in [1.807, 2.05) is 0 Å². The fraction of sp³-hybridized carbons (Fsp3) is 0.176. The van der Waals surface area contributed by atoms with Crippen molar-refractivity contribution in [2.45, 2.75) is 6.42 Å². The summed E-state index contributed by atoms with van der Waals surface area (Å²) in [6, 6.07) is 8.64. The largest absolute Gasteiger partial charge is 0.497 e. The topological polar surface area (TPSA) is 113 Å². The second-order valence-corrected chi connectivity index (χ2v) is 5.17. The van der Waals surface area contributed by atoms with Gasteiger partial charge in [-0.2, -0.15) is 4.98 Å². The minimum atomic E-state index is -0.571. The molecule has 0 aliphatic heterocycles. The molecule has 0 unspecified atom stereocenters. The van der Waals surface area contributed by atoms with Crippen LogP contribution in [0.3, 0.4) is 0 Å². The third-order valence-corrected chi connectivity index (χ3v) is 3.55. The molecule has 8 heteroatoms. The SMILES string of the molecule is COc1ccc(-c2noc(Cc3ccc(C(N)=O)nc3)n2)c(OC)c1. The maximum Gasteiger partial charge on any atom is 0.267 e. The average Bonchev–Trinajstić information content (AvgIpc) is 3.09. The number of carbonyl (C=O) groups is 1. The van der Waals surface area contributed by atoms with Crippen LogP contribution in [0.1, 0.15) is 21.9 Å². The first kappa shape index (κ1) is 16.4. The predicted octanol–water partition coefficient (Wildman–Crippen LogP) is 1.84. The van der Waals surface area contributed by atoms with Crippen molar-refractivity contribution >= 4 is 5.91 Å². The highest BCUT2D eigenvalue weighted by Gasteiger charge is 2.15. The molecular formula is C17H16N4O4. The summed E-state index contributed by atoms with van der Waals surface area (Å²) in [6.07, 6.45) is 1.94. The number of primary amides is 1. The van der Waals surface area contributed by atoms with Crippen molar-refractivity contribution < 1.29 is 18.8 Å². The van der Waals surface area contributed by atoms with Crippen LogP contribution in [0.15, 0.2) is 41.1 Å². The van der Waals surface area contributed by atoms with Crippen LogP contribution in [0, 0.1) is 0 Å². The van der Waals surface area contributed by atoms with Gasteiger partial charge in [-0.05, 0) is 23.8 Å². The lowest BCUT2D eigenvalue weighted by molar-refractivity contribution is 0.0995. The number of aromatic nitrogens is 3. The molecule has 0 aliphatic rings. The maximum absolute atomic E-state index is 11.0. The van der Waals surface area contributed by atoms with Gasteiger partial charge in [-0.3, -0.25) is 9.78 Å². The van der Waals surface area contributed by atoms with E-state index >= 15 is 0 Å². The van der Waals surface area contributed by atoms with Crippen molar-refractivity contribution in [3.05, 3.63) is 53.7 Å². The van der Waals surface area contributed by atoms with Crippen LogP contribution in [0.5, 0.6) is 11.5 Å². The highest BCUT2D eigenvalue weighted by atomic mass is 16.5. The molecule has 128 valence electrons. The van der Waals surface area contributed by atoms with E-state index in [0.717, 1.165) is 5.56 Å². The summed E-state index contributed by atoms with van der Waals surface area (Å²) in [5, 5.41) is 3.99. The van der Waals surface area contributed by atoms with Gasteiger partial charge < -0.3 is 19.7 Å². The Morgan fingerprint density at radius 3 is 2.68 bits per heavy atom. The zero-order valence-corrected chi connectivity index (χ0v) is 13.7. The second-order valence-electron chi connectivity index (χ2n) is 5.17. The number of nitrogens with zero attached hydrogens (tertiary/aromatic N) is 3. The Bertz CT molecular complexity index is 890. The smallest absolute Gasteiger partial charge is 0.267 e. The van der Waals surface area contributed by atoms with Crippen LogP contribution in [0.4, 0.5) is 0 Å². The molecule has 1 amide bonds. The van der Waals surface area contributed by atoms with Crippen LogP contribution in [-0.2, 0) is 6.42 Å². The van der Waals surface area contributed by atoms with Gasteiger partial charge in [0.1, 0.15) is 17.2 Å². The highest BCUT2D eigenvalue weighted by molar-refractivity contribution is 5.90. The first-order valence-corrected chi connectivity index (χ1v) is 7.40. The summed E-state index contributed by atoms with van der Waals surface area (Å²) in [7, 11) is 3.14. The third-order valence-electron chi connectivity index (χ3n) is 3.55. The normalized spacial score (nSPS) is 10.5. The van der Waals surface area contributed by atoms with Gasteiger partial charge in [0, 0.05) is 12.3 Å². The van der Waals surface area contributed by atoms with Crippen LogP contribution in [-0.4, -0.2) is 35.3 Å². The molecule has 0 bridgehead atoms. The minimum Gasteiger partial charge on any atom is -0.497 e. The number of hydrogen-bond donors (Lipinski definition) is 1. The van der Waals surface area contributed by atoms with Gasteiger partial charge >= 0.3 is 0 Å². The van der Waals surface area contributed by atoms with E-state index < -0.39 is 5.91 Å². The molecule has 2 N–H and O–H groups in total. The van der Waals surface area contributed by atoms with Crippen molar-refractivity contribution in [3.8, 4) is 22.9 Å². The molecule has 0 aliphatic carbocycles. The van der Waals surface area contributed by atoms with Crippen molar-refractivity contribution in [1.82, 2.24) is 15.1 Å². The highest BCUT2D eigenvalue weighted by Crippen LogP contribution is 2.31. The molecule has 8 nitrogen and oxygen atoms in total. The number of ether oxygens (including phenoxy) is 2. The lowest BCUT2D eigenvalue weighted by Gasteiger charge is -2.07. The third kappa shape index (κ3) is 3.57. The van der Waals surface area contributed by atoms with Gasteiger partial charge in [-0.15, -0.1) is 0 Å². The number of hydrogen-bond acceptors (Lipinski definition) is 7. The lowest BCUT2D eigenvalue weighted by Crippen LogP contribution is -2.12. The molecule has 25 heavy (non-hydrogen) atoms. The zero-order chi connectivity index (χ0) is 17.8. The summed E-state index contributed by atoms with van der Waals surface area (Å²) in [5.41, 5.74) is 6.89. The Labute approximate surface area is 143 Å². The fourth-order valence-electron chi connectivity index (χ4n) is 2.27. The molecule has 0 radical (unpaired) electrons. The zero-order valence-electron chi connectivity index (χ0n) is 13.7. The number of pyridine rings is 1. The first-order chi connectivity index (χ1) is 12.1. The molecule has 3 aromatic rings. The summed E-state index contributed by atoms with van der Waals surface area (Å²) >= 11 is 0. The van der Waals surface area contributed by atoms with Crippen molar-refractivity contribution in [2.24, 2.45) is 5.73 Å². The van der Waals surface area contributed by atoms with E-state index in [2.05, 4.69) is 15.1 Å². The maximum atomic E-state index is 11.0. The van der Waals surface area contributed by atoms with Crippen molar-refractivity contribution in [2.75, 3.05) is 14.2 Å². The van der Waals surface area contributed by atoms with E-state index in [9.17, 15) is 4.79 Å². The van der Waals surface area contributed by atoms with E-state index in [1.165, 1.54) is 0 Å². The van der Waals surface area contributed by atoms with Crippen molar-refractivity contribution in [3.63, 3.8) is 0 Å². The van der Waals surface area contributed by atoms with Gasteiger partial charge in [-0.1, -0.05) is 11.2 Å². The molecule has 0 fully saturated rings. The van der Waals surface area contributed by atoms with Gasteiger partial charge in [0.2, 0.25) is 11.7 Å². The Hall–Kier alpha value is -3.42. The molecule has 0 spiro atoms. The number of carbonyl (C=O) groups excluding carboxylic acids is 1. The quantitative estimate of drug-likeness (QED) is 0.728. The summed E-state index contributed by atoms with van der Waals surface area (Å²) in [5.74, 6) is 1.51. The minimum absolute atomic E-state index is 0.206. The molecule has 0 saturated heterocycles. The number of benzene rings is 1. The molecule has 3 rings (SSSR count). The van der Waals surface area contributed by atoms with Gasteiger partial charge in [-0.25, -0.2) is 0 Å². The Morgan fingerprint density at radius 2 is 2.04 bits per heavy atom. The van der Waals surface area contributed by atoms with Crippen LogP contribution >= 0.6 is 0 Å². The van der Waals surface area contributed by atoms with Crippen molar-refractivity contribution in [1.29, 1.82) is 0 Å². The molecule has 2 aromatic heterocycles. The van der Waals surface area contributed by atoms with Gasteiger partial charge in [0.25, 0.3) is 5.91 Å². The lowest BCUT2D eigenvalue weighted by atomic mass is 10.1. The number of rotatable bonds is 6. The van der Waals surface area contributed by atoms with E-state index in [1.54, 1.807) is 50.7 Å². The van der Waals surface area contributed by atoms with E-state index in [4.69, 9.17) is 19.7 Å². The molecule has 0 atom stereocenters. The standard InChI is InChI=1S/C17H16N4O4/c1-23-11-4-5-12(14(8-11)24-2)17-20-15(25-21-17)7-10-3-6-13(16(18)22)19-9-10/h3-6,8-9H,7H2,1-2H3,(H2,18,22). The first-order valence-electron chi connectivity index (χ1n) is 7.40. The Morgan fingerprint density at radius 1 is 1.20 bits per heavy atom. The molecule has 1 aromatic carbocycles. The van der Waals surface area contributed by atoms with Gasteiger partial charge in [0.05, 0.1) is 26.2 Å².